The van der Waals surface area contributed by atoms with Gasteiger partial charge in [0.1, 0.15) is 0 Å². The van der Waals surface area contributed by atoms with Crippen LogP contribution in [-0.2, 0) is 35.3 Å². The average Bonchev–Trinajstić information content (AvgIpc) is 3.20. The first kappa shape index (κ1) is 17.5. The van der Waals surface area contributed by atoms with E-state index in [0.29, 0.717) is 0 Å². The normalized spacial score (nSPS) is 14.6. The fourth-order valence-corrected chi connectivity index (χ4v) is 3.75. The number of amides is 4. The van der Waals surface area contributed by atoms with Crippen LogP contribution >= 0.6 is 0 Å². The van der Waals surface area contributed by atoms with Crippen molar-refractivity contribution >= 4 is 23.5 Å². The van der Waals surface area contributed by atoms with E-state index in [1.54, 1.807) is 14.1 Å². The summed E-state index contributed by atoms with van der Waals surface area (Å²) in [5, 5.41) is 5.26. The molecule has 134 valence electrons. The van der Waals surface area contributed by atoms with Crippen molar-refractivity contribution in [1.29, 1.82) is 0 Å². The Morgan fingerprint density at radius 1 is 0.960 bits per heavy atom. The molecule has 0 unspecified atom stereocenters. The lowest BCUT2D eigenvalue weighted by atomic mass is 9.99. The Morgan fingerprint density at radius 3 is 2.12 bits per heavy atom. The molecule has 6 nitrogen and oxygen atoms in total. The first-order chi connectivity index (χ1) is 12.0. The van der Waals surface area contributed by atoms with E-state index in [1.807, 2.05) is 0 Å². The second kappa shape index (κ2) is 7.25. The molecule has 1 aromatic rings. The number of rotatable bonds is 4. The van der Waals surface area contributed by atoms with Gasteiger partial charge in [0, 0.05) is 32.6 Å². The molecule has 0 saturated carbocycles. The van der Waals surface area contributed by atoms with Gasteiger partial charge in [0.15, 0.2) is 0 Å². The lowest BCUT2D eigenvalue weighted by Crippen LogP contribution is -2.35. The Hall–Kier alpha value is -2.37. The van der Waals surface area contributed by atoms with Crippen LogP contribution in [0.15, 0.2) is 6.07 Å². The zero-order valence-corrected chi connectivity index (χ0v) is 14.9. The van der Waals surface area contributed by atoms with Gasteiger partial charge in [0.2, 0.25) is 11.8 Å². The van der Waals surface area contributed by atoms with E-state index in [9.17, 15) is 14.4 Å². The summed E-state index contributed by atoms with van der Waals surface area (Å²) in [5.74, 6) is -0.564. The second-order valence-electron chi connectivity index (χ2n) is 7.02. The minimum atomic E-state index is -0.503. The lowest BCUT2D eigenvalue weighted by Gasteiger charge is -2.16. The van der Waals surface area contributed by atoms with Gasteiger partial charge in [-0.15, -0.1) is 0 Å². The van der Waals surface area contributed by atoms with Gasteiger partial charge in [-0.25, -0.2) is 4.79 Å². The van der Waals surface area contributed by atoms with Gasteiger partial charge in [-0.05, 0) is 60.8 Å². The zero-order valence-electron chi connectivity index (χ0n) is 14.9. The number of fused-ring (bicyclic) bond motifs is 2. The molecular weight excluding hydrogens is 318 g/mol. The minimum absolute atomic E-state index is 0.00936. The summed E-state index contributed by atoms with van der Waals surface area (Å²) in [6.07, 6.45) is 6.40. The molecule has 0 radical (unpaired) electrons. The summed E-state index contributed by atoms with van der Waals surface area (Å²) in [6, 6.07) is 1.79. The summed E-state index contributed by atoms with van der Waals surface area (Å²) in [6.45, 7) is 0. The van der Waals surface area contributed by atoms with Gasteiger partial charge >= 0.3 is 6.03 Å². The Balaban J connectivity index is 1.64. The van der Waals surface area contributed by atoms with Gasteiger partial charge in [-0.2, -0.15) is 0 Å². The standard InChI is InChI=1S/C19H25N3O3/c1-22(2)17(24)10-9-16(23)20-19(25)21-18-14-7-3-5-12(14)11-13-6-4-8-15(13)18/h11H,3-10H2,1-2H3,(H2,20,21,23,25). The largest absolute Gasteiger partial charge is 0.349 e. The van der Waals surface area contributed by atoms with Gasteiger partial charge in [-0.1, -0.05) is 6.07 Å². The van der Waals surface area contributed by atoms with Gasteiger partial charge in [0.25, 0.3) is 0 Å². The fourth-order valence-electron chi connectivity index (χ4n) is 3.75. The Labute approximate surface area is 148 Å². The molecule has 0 heterocycles. The van der Waals surface area contributed by atoms with E-state index in [2.05, 4.69) is 16.7 Å². The molecule has 0 aliphatic heterocycles. The van der Waals surface area contributed by atoms with Crippen LogP contribution in [0.1, 0.15) is 47.9 Å². The van der Waals surface area contributed by atoms with E-state index in [-0.39, 0.29) is 18.7 Å². The summed E-state index contributed by atoms with van der Waals surface area (Å²) < 4.78 is 0. The molecule has 0 saturated heterocycles. The minimum Gasteiger partial charge on any atom is -0.349 e. The van der Waals surface area contributed by atoms with Crippen LogP contribution in [0.2, 0.25) is 0 Å². The quantitative estimate of drug-likeness (QED) is 0.879. The molecule has 0 bridgehead atoms. The zero-order chi connectivity index (χ0) is 18.0. The summed E-state index contributed by atoms with van der Waals surface area (Å²) in [4.78, 5) is 37.1. The molecule has 6 heteroatoms. The molecule has 25 heavy (non-hydrogen) atoms. The number of carbonyl (C=O) groups is 3. The third-order valence-electron chi connectivity index (χ3n) is 5.03. The highest BCUT2D eigenvalue weighted by Crippen LogP contribution is 2.38. The SMILES string of the molecule is CN(C)C(=O)CCC(=O)NC(=O)Nc1c2c(cc3c1CCC3)CCC2. The number of aryl methyl sites for hydroxylation is 2. The van der Waals surface area contributed by atoms with E-state index in [1.165, 1.54) is 27.2 Å². The molecule has 0 aromatic heterocycles. The van der Waals surface area contributed by atoms with E-state index >= 15 is 0 Å². The van der Waals surface area contributed by atoms with E-state index < -0.39 is 11.9 Å². The van der Waals surface area contributed by atoms with Crippen molar-refractivity contribution in [3.63, 3.8) is 0 Å². The molecule has 4 amide bonds. The number of nitrogens with one attached hydrogen (secondary N) is 2. The van der Waals surface area contributed by atoms with Crippen molar-refractivity contribution in [3.05, 3.63) is 28.3 Å². The number of carbonyl (C=O) groups excluding carboxylic acids is 3. The maximum Gasteiger partial charge on any atom is 0.325 e. The smallest absolute Gasteiger partial charge is 0.325 e. The molecule has 0 spiro atoms. The van der Waals surface area contributed by atoms with Crippen LogP contribution in [-0.4, -0.2) is 36.8 Å². The van der Waals surface area contributed by atoms with Crippen molar-refractivity contribution in [2.24, 2.45) is 0 Å². The average molecular weight is 343 g/mol. The highest BCUT2D eigenvalue weighted by atomic mass is 16.2. The Kier molecular flexibility index (Phi) is 5.06. The molecule has 2 N–H and O–H groups in total. The lowest BCUT2D eigenvalue weighted by molar-refractivity contribution is -0.131. The molecule has 0 fully saturated rings. The number of nitrogens with zero attached hydrogens (tertiary/aromatic N) is 1. The number of anilines is 1. The van der Waals surface area contributed by atoms with Crippen LogP contribution in [0.25, 0.3) is 0 Å². The maximum absolute atomic E-state index is 12.3. The third kappa shape index (κ3) is 3.83. The van der Waals surface area contributed by atoms with Gasteiger partial charge in [-0.3, -0.25) is 14.9 Å². The number of imide groups is 1. The molecule has 2 aliphatic carbocycles. The molecular formula is C19H25N3O3. The van der Waals surface area contributed by atoms with Crippen molar-refractivity contribution in [2.45, 2.75) is 51.4 Å². The van der Waals surface area contributed by atoms with E-state index in [0.717, 1.165) is 44.2 Å². The molecule has 2 aliphatic rings. The highest BCUT2D eigenvalue weighted by Gasteiger charge is 2.25. The number of hydrogen-bond acceptors (Lipinski definition) is 3. The summed E-state index contributed by atoms with van der Waals surface area (Å²) in [7, 11) is 3.28. The first-order valence-corrected chi connectivity index (χ1v) is 8.93. The van der Waals surface area contributed by atoms with Crippen LogP contribution in [0.4, 0.5) is 10.5 Å². The second-order valence-corrected chi connectivity index (χ2v) is 7.02. The van der Waals surface area contributed by atoms with Crippen LogP contribution in [0, 0.1) is 0 Å². The maximum atomic E-state index is 12.3. The summed E-state index contributed by atoms with van der Waals surface area (Å²) in [5.41, 5.74) is 6.03. The Bertz CT molecular complexity index is 693. The monoisotopic (exact) mass is 343 g/mol. The van der Waals surface area contributed by atoms with Crippen molar-refractivity contribution in [2.75, 3.05) is 19.4 Å². The Morgan fingerprint density at radius 2 is 1.56 bits per heavy atom. The number of hydrogen-bond donors (Lipinski definition) is 2. The van der Waals surface area contributed by atoms with Crippen LogP contribution in [0.3, 0.4) is 0 Å². The molecule has 1 aromatic carbocycles. The van der Waals surface area contributed by atoms with Crippen LogP contribution < -0.4 is 10.6 Å². The highest BCUT2D eigenvalue weighted by molar-refractivity contribution is 6.02. The third-order valence-corrected chi connectivity index (χ3v) is 5.03. The van der Waals surface area contributed by atoms with Crippen molar-refractivity contribution in [1.82, 2.24) is 10.2 Å². The number of benzene rings is 1. The molecule has 3 rings (SSSR count). The molecule has 0 atom stereocenters. The predicted molar refractivity (Wildman–Crippen MR) is 95.6 cm³/mol. The van der Waals surface area contributed by atoms with Crippen LogP contribution in [0.5, 0.6) is 0 Å². The fraction of sp³-hybridized carbons (Fsp3) is 0.526. The van der Waals surface area contributed by atoms with E-state index in [4.69, 9.17) is 0 Å². The number of urea groups is 1. The summed E-state index contributed by atoms with van der Waals surface area (Å²) >= 11 is 0. The predicted octanol–water partition coefficient (Wildman–Crippen LogP) is 2.18. The van der Waals surface area contributed by atoms with Gasteiger partial charge in [0.05, 0.1) is 0 Å². The van der Waals surface area contributed by atoms with Crippen molar-refractivity contribution < 1.29 is 14.4 Å². The van der Waals surface area contributed by atoms with Crippen molar-refractivity contribution in [3.8, 4) is 0 Å². The first-order valence-electron chi connectivity index (χ1n) is 8.93. The topological polar surface area (TPSA) is 78.5 Å². The van der Waals surface area contributed by atoms with Gasteiger partial charge < -0.3 is 10.2 Å².